The Kier molecular flexibility index (Phi) is 1.60. The maximum Gasteiger partial charge on any atom is 0.199 e. The third-order valence-corrected chi connectivity index (χ3v) is 2.03. The molecule has 0 fully saturated rings. The van der Waals surface area contributed by atoms with Gasteiger partial charge in [0.1, 0.15) is 0 Å². The summed E-state index contributed by atoms with van der Waals surface area (Å²) in [7, 11) is 1.64. The molecule has 1 aliphatic rings. The highest BCUT2D eigenvalue weighted by molar-refractivity contribution is 5.21. The van der Waals surface area contributed by atoms with E-state index in [1.807, 2.05) is 20.8 Å². The molecule has 0 aliphatic carbocycles. The van der Waals surface area contributed by atoms with Crippen molar-refractivity contribution in [2.24, 2.45) is 10.2 Å². The molecular weight excluding hydrogens is 128 g/mol. The summed E-state index contributed by atoms with van der Waals surface area (Å²) in [5.74, 6) is 0. The van der Waals surface area contributed by atoms with Gasteiger partial charge in [0, 0.05) is 12.7 Å². The molecule has 1 aliphatic heterocycles. The summed E-state index contributed by atoms with van der Waals surface area (Å²) in [6.45, 7) is 5.82. The Morgan fingerprint density at radius 1 is 1.40 bits per heavy atom. The lowest BCUT2D eigenvalue weighted by atomic mass is 10.1. The predicted molar refractivity (Wildman–Crippen MR) is 38.6 cm³/mol. The second-order valence-corrected chi connectivity index (χ2v) is 2.60. The van der Waals surface area contributed by atoms with Gasteiger partial charge in [0.15, 0.2) is 5.72 Å². The number of methoxy groups -OCH3 is 1. The summed E-state index contributed by atoms with van der Waals surface area (Å²) < 4.78 is 5.16. The molecule has 0 aromatic rings. The minimum atomic E-state index is -0.496. The fourth-order valence-corrected chi connectivity index (χ4v) is 0.850. The molecule has 0 amide bonds. The Bertz CT molecular complexity index is 208. The van der Waals surface area contributed by atoms with Crippen LogP contribution in [0.5, 0.6) is 0 Å². The van der Waals surface area contributed by atoms with E-state index in [4.69, 9.17) is 4.74 Å². The van der Waals surface area contributed by atoms with E-state index in [1.165, 1.54) is 0 Å². The van der Waals surface area contributed by atoms with Gasteiger partial charge >= 0.3 is 0 Å². The van der Waals surface area contributed by atoms with Crippen LogP contribution in [0.15, 0.2) is 21.5 Å². The first-order valence-electron chi connectivity index (χ1n) is 3.26. The Labute approximate surface area is 60.8 Å². The quantitative estimate of drug-likeness (QED) is 0.549. The minimum absolute atomic E-state index is 0.496. The van der Waals surface area contributed by atoms with Crippen LogP contribution in [-0.4, -0.2) is 12.8 Å². The first kappa shape index (κ1) is 7.41. The number of allylic oxidation sites excluding steroid dienone is 1. The largest absolute Gasteiger partial charge is 0.352 e. The fourth-order valence-electron chi connectivity index (χ4n) is 0.850. The molecule has 10 heavy (non-hydrogen) atoms. The van der Waals surface area contributed by atoms with Crippen molar-refractivity contribution in [2.45, 2.75) is 26.5 Å². The maximum atomic E-state index is 5.16. The van der Waals surface area contributed by atoms with Gasteiger partial charge in [-0.3, -0.25) is 0 Å². The van der Waals surface area contributed by atoms with Gasteiger partial charge in [0.25, 0.3) is 0 Å². The molecule has 0 saturated carbocycles. The molecule has 3 nitrogen and oxygen atoms in total. The number of azo groups is 1. The molecule has 0 spiro atoms. The average molecular weight is 140 g/mol. The molecule has 0 bridgehead atoms. The lowest BCUT2D eigenvalue weighted by molar-refractivity contribution is 0.0454. The van der Waals surface area contributed by atoms with Crippen molar-refractivity contribution in [1.29, 1.82) is 0 Å². The topological polar surface area (TPSA) is 34.0 Å². The summed E-state index contributed by atoms with van der Waals surface area (Å²) in [5.41, 5.74) is 1.56. The van der Waals surface area contributed by atoms with Crippen LogP contribution >= 0.6 is 0 Å². The molecule has 0 N–H and O–H groups in total. The van der Waals surface area contributed by atoms with Gasteiger partial charge < -0.3 is 4.74 Å². The fraction of sp³-hybridized carbons (Fsp3) is 0.714. The van der Waals surface area contributed by atoms with Gasteiger partial charge in [0.05, 0.1) is 5.70 Å². The van der Waals surface area contributed by atoms with Crippen molar-refractivity contribution in [3.8, 4) is 0 Å². The molecule has 0 radical (unpaired) electrons. The number of ether oxygens (including phenoxy) is 1. The first-order chi connectivity index (χ1) is 4.60. The highest BCUT2D eigenvalue weighted by atomic mass is 16.5. The molecule has 1 atom stereocenters. The van der Waals surface area contributed by atoms with Crippen LogP contribution < -0.4 is 0 Å². The summed E-state index contributed by atoms with van der Waals surface area (Å²) in [4.78, 5) is 0. The van der Waals surface area contributed by atoms with Gasteiger partial charge in [-0.15, -0.1) is 5.11 Å². The van der Waals surface area contributed by atoms with E-state index in [9.17, 15) is 0 Å². The van der Waals surface area contributed by atoms with Gasteiger partial charge in [-0.05, 0) is 20.8 Å². The monoisotopic (exact) mass is 140 g/mol. The molecule has 3 heteroatoms. The Hall–Kier alpha value is -0.700. The lowest BCUT2D eigenvalue weighted by Gasteiger charge is -2.18. The summed E-state index contributed by atoms with van der Waals surface area (Å²) in [6.07, 6.45) is 0. The van der Waals surface area contributed by atoms with E-state index < -0.39 is 5.72 Å². The zero-order chi connectivity index (χ0) is 7.78. The molecule has 0 aromatic carbocycles. The van der Waals surface area contributed by atoms with Crippen molar-refractivity contribution >= 4 is 0 Å². The minimum Gasteiger partial charge on any atom is -0.352 e. The zero-order valence-electron chi connectivity index (χ0n) is 6.80. The summed E-state index contributed by atoms with van der Waals surface area (Å²) in [5, 5.41) is 7.90. The molecule has 1 unspecified atom stereocenters. The predicted octanol–water partition coefficient (Wildman–Crippen LogP) is 2.11. The van der Waals surface area contributed by atoms with Crippen LogP contribution in [0.3, 0.4) is 0 Å². The molecule has 1 rings (SSSR count). The van der Waals surface area contributed by atoms with Crippen molar-refractivity contribution in [3.05, 3.63) is 11.3 Å². The smallest absolute Gasteiger partial charge is 0.199 e. The van der Waals surface area contributed by atoms with E-state index >= 15 is 0 Å². The van der Waals surface area contributed by atoms with Crippen LogP contribution in [0.4, 0.5) is 0 Å². The zero-order valence-corrected chi connectivity index (χ0v) is 6.80. The molecule has 0 aromatic heterocycles. The normalized spacial score (nSPS) is 32.0. The van der Waals surface area contributed by atoms with Gasteiger partial charge in [0.2, 0.25) is 0 Å². The number of hydrogen-bond acceptors (Lipinski definition) is 3. The average Bonchev–Trinajstić information content (AvgIpc) is 2.19. The Balaban J connectivity index is 2.96. The van der Waals surface area contributed by atoms with Crippen LogP contribution in [0, 0.1) is 0 Å². The van der Waals surface area contributed by atoms with Crippen molar-refractivity contribution < 1.29 is 4.74 Å². The summed E-state index contributed by atoms with van der Waals surface area (Å²) in [6, 6.07) is 0. The summed E-state index contributed by atoms with van der Waals surface area (Å²) >= 11 is 0. The molecule has 1 heterocycles. The van der Waals surface area contributed by atoms with Crippen LogP contribution in [0.1, 0.15) is 20.8 Å². The number of nitrogens with zero attached hydrogens (tertiary/aromatic N) is 2. The Morgan fingerprint density at radius 2 is 2.00 bits per heavy atom. The standard InChI is InChI=1S/C7H12N2O/c1-5-6(2)8-9-7(5,3)10-4/h1-4H3. The maximum absolute atomic E-state index is 5.16. The van der Waals surface area contributed by atoms with Gasteiger partial charge in [-0.2, -0.15) is 5.11 Å². The van der Waals surface area contributed by atoms with E-state index in [0.29, 0.717) is 0 Å². The van der Waals surface area contributed by atoms with Crippen molar-refractivity contribution in [3.63, 3.8) is 0 Å². The van der Waals surface area contributed by atoms with Gasteiger partial charge in [-0.25, -0.2) is 0 Å². The SMILES string of the molecule is COC1(C)N=NC(C)=C1C. The van der Waals surface area contributed by atoms with Crippen LogP contribution in [0.25, 0.3) is 0 Å². The van der Waals surface area contributed by atoms with E-state index in [-0.39, 0.29) is 0 Å². The van der Waals surface area contributed by atoms with E-state index in [1.54, 1.807) is 7.11 Å². The van der Waals surface area contributed by atoms with E-state index in [0.717, 1.165) is 11.3 Å². The number of hydrogen-bond donors (Lipinski definition) is 0. The Morgan fingerprint density at radius 3 is 2.20 bits per heavy atom. The van der Waals surface area contributed by atoms with Crippen LogP contribution in [-0.2, 0) is 4.74 Å². The highest BCUT2D eigenvalue weighted by Crippen LogP contribution is 2.31. The second kappa shape index (κ2) is 2.16. The van der Waals surface area contributed by atoms with Crippen LogP contribution in [0.2, 0.25) is 0 Å². The molecular formula is C7H12N2O. The highest BCUT2D eigenvalue weighted by Gasteiger charge is 2.30. The third kappa shape index (κ3) is 0.865. The van der Waals surface area contributed by atoms with Crippen molar-refractivity contribution in [2.75, 3.05) is 7.11 Å². The van der Waals surface area contributed by atoms with E-state index in [2.05, 4.69) is 10.2 Å². The second-order valence-electron chi connectivity index (χ2n) is 2.60. The third-order valence-electron chi connectivity index (χ3n) is 2.03. The lowest BCUT2D eigenvalue weighted by Crippen LogP contribution is -2.23. The molecule has 0 saturated heterocycles. The van der Waals surface area contributed by atoms with Gasteiger partial charge in [-0.1, -0.05) is 0 Å². The first-order valence-corrected chi connectivity index (χ1v) is 3.26. The van der Waals surface area contributed by atoms with Crippen molar-refractivity contribution in [1.82, 2.24) is 0 Å². The number of rotatable bonds is 1. The molecule has 56 valence electrons.